The van der Waals surface area contributed by atoms with Crippen molar-refractivity contribution in [1.29, 1.82) is 0 Å². The Morgan fingerprint density at radius 2 is 1.84 bits per heavy atom. The third-order valence-corrected chi connectivity index (χ3v) is 8.77. The van der Waals surface area contributed by atoms with Crippen LogP contribution in [0.1, 0.15) is 66.6 Å². The molecule has 0 spiro atoms. The number of amides is 2. The van der Waals surface area contributed by atoms with Crippen molar-refractivity contribution in [3.8, 4) is 11.1 Å². The van der Waals surface area contributed by atoms with E-state index in [-0.39, 0.29) is 11.8 Å². The molecule has 0 aliphatic carbocycles. The Balaban J connectivity index is 1.66. The molecule has 8 heteroatoms. The number of ether oxygens (including phenoxy) is 1. The van der Waals surface area contributed by atoms with Crippen molar-refractivity contribution in [3.63, 3.8) is 0 Å². The lowest BCUT2D eigenvalue weighted by molar-refractivity contribution is -0.0563. The summed E-state index contributed by atoms with van der Waals surface area (Å²) < 4.78 is 4.73. The SMILES string of the molecule is CCNCc1ccc(C(=O)N2CCC[C@@H]([C@@](O)(CCCNC(=O)OC)c3cccc(Cl)c3-c3cccc(CC)c3)C2)cc1. The van der Waals surface area contributed by atoms with Crippen molar-refractivity contribution in [2.75, 3.05) is 33.3 Å². The monoisotopic (exact) mass is 605 g/mol. The number of halogens is 1. The summed E-state index contributed by atoms with van der Waals surface area (Å²) in [6, 6.07) is 21.7. The summed E-state index contributed by atoms with van der Waals surface area (Å²) in [5, 5.41) is 19.4. The molecule has 0 radical (unpaired) electrons. The number of carbonyl (C=O) groups is 2. The Bertz CT molecular complexity index is 1380. The number of piperidine rings is 1. The second-order valence-corrected chi connectivity index (χ2v) is 11.6. The molecule has 2 atom stereocenters. The van der Waals surface area contributed by atoms with Gasteiger partial charge < -0.3 is 25.4 Å². The number of methoxy groups -OCH3 is 1. The van der Waals surface area contributed by atoms with Gasteiger partial charge in [0, 0.05) is 48.2 Å². The van der Waals surface area contributed by atoms with Gasteiger partial charge in [-0.25, -0.2) is 4.79 Å². The van der Waals surface area contributed by atoms with Crippen LogP contribution in [0.4, 0.5) is 4.79 Å². The molecule has 0 saturated carbocycles. The molecular weight excluding hydrogens is 562 g/mol. The lowest BCUT2D eigenvalue weighted by Crippen LogP contribution is -2.48. The first-order valence-corrected chi connectivity index (χ1v) is 15.7. The van der Waals surface area contributed by atoms with Crippen LogP contribution in [0, 0.1) is 5.92 Å². The summed E-state index contributed by atoms with van der Waals surface area (Å²) in [4.78, 5) is 27.2. The summed E-state index contributed by atoms with van der Waals surface area (Å²) in [5.41, 5.74) is 4.17. The second-order valence-electron chi connectivity index (χ2n) is 11.2. The molecule has 2 amide bonds. The van der Waals surface area contributed by atoms with E-state index in [2.05, 4.69) is 36.6 Å². The predicted molar refractivity (Wildman–Crippen MR) is 172 cm³/mol. The molecule has 7 nitrogen and oxygen atoms in total. The van der Waals surface area contributed by atoms with Crippen molar-refractivity contribution < 1.29 is 19.4 Å². The van der Waals surface area contributed by atoms with Gasteiger partial charge in [-0.3, -0.25) is 4.79 Å². The maximum Gasteiger partial charge on any atom is 0.406 e. The summed E-state index contributed by atoms with van der Waals surface area (Å²) >= 11 is 6.88. The van der Waals surface area contributed by atoms with E-state index in [0.29, 0.717) is 43.1 Å². The Kier molecular flexibility index (Phi) is 11.6. The normalized spacial score (nSPS) is 16.4. The highest BCUT2D eigenvalue weighted by Crippen LogP contribution is 2.45. The van der Waals surface area contributed by atoms with Gasteiger partial charge in [0.1, 0.15) is 0 Å². The Morgan fingerprint density at radius 3 is 2.56 bits per heavy atom. The minimum absolute atomic E-state index is 0.0311. The molecule has 3 aromatic rings. The molecule has 4 rings (SSSR count). The highest BCUT2D eigenvalue weighted by atomic mass is 35.5. The number of aryl methyl sites for hydroxylation is 1. The molecule has 3 N–H and O–H groups in total. The molecule has 1 heterocycles. The Labute approximate surface area is 260 Å². The van der Waals surface area contributed by atoms with E-state index >= 15 is 0 Å². The number of benzene rings is 3. The zero-order valence-corrected chi connectivity index (χ0v) is 26.3. The number of hydrogen-bond donors (Lipinski definition) is 3. The van der Waals surface area contributed by atoms with E-state index in [1.807, 2.05) is 59.5 Å². The number of nitrogens with zero attached hydrogens (tertiary/aromatic N) is 1. The predicted octanol–water partition coefficient (Wildman–Crippen LogP) is 6.56. The first-order valence-electron chi connectivity index (χ1n) is 15.3. The first-order chi connectivity index (χ1) is 20.8. The quantitative estimate of drug-likeness (QED) is 0.204. The van der Waals surface area contributed by atoms with E-state index in [1.165, 1.54) is 12.7 Å². The van der Waals surface area contributed by atoms with Crippen LogP contribution in [-0.2, 0) is 23.3 Å². The number of aliphatic hydroxyl groups is 1. The van der Waals surface area contributed by atoms with Crippen LogP contribution in [-0.4, -0.2) is 55.3 Å². The molecule has 0 unspecified atom stereocenters. The van der Waals surface area contributed by atoms with Crippen molar-refractivity contribution >= 4 is 23.6 Å². The van der Waals surface area contributed by atoms with E-state index in [1.54, 1.807) is 0 Å². The zero-order valence-electron chi connectivity index (χ0n) is 25.5. The minimum Gasteiger partial charge on any atom is -0.453 e. The summed E-state index contributed by atoms with van der Waals surface area (Å²) in [6.07, 6.45) is 2.81. The van der Waals surface area contributed by atoms with E-state index in [0.717, 1.165) is 54.6 Å². The molecule has 1 saturated heterocycles. The number of alkyl carbamates (subject to hydrolysis) is 1. The Hall–Kier alpha value is -3.39. The van der Waals surface area contributed by atoms with Gasteiger partial charge >= 0.3 is 6.09 Å². The maximum atomic E-state index is 13.7. The second kappa shape index (κ2) is 15.4. The molecule has 3 aromatic carbocycles. The van der Waals surface area contributed by atoms with Crippen molar-refractivity contribution in [1.82, 2.24) is 15.5 Å². The average Bonchev–Trinajstić information content (AvgIpc) is 3.05. The lowest BCUT2D eigenvalue weighted by Gasteiger charge is -2.44. The maximum absolute atomic E-state index is 13.7. The first kappa shape index (κ1) is 32.5. The third kappa shape index (κ3) is 7.96. The van der Waals surface area contributed by atoms with Gasteiger partial charge in [-0.1, -0.05) is 74.0 Å². The number of likely N-dealkylation sites (tertiary alicyclic amines) is 1. The largest absolute Gasteiger partial charge is 0.453 e. The van der Waals surface area contributed by atoms with Gasteiger partial charge in [0.2, 0.25) is 0 Å². The van der Waals surface area contributed by atoms with Gasteiger partial charge in [0.05, 0.1) is 12.7 Å². The number of carbonyl (C=O) groups excluding carboxylic acids is 2. The van der Waals surface area contributed by atoms with E-state index in [9.17, 15) is 14.7 Å². The van der Waals surface area contributed by atoms with Crippen molar-refractivity contribution in [3.05, 3.63) is 94.0 Å². The molecule has 230 valence electrons. The molecule has 43 heavy (non-hydrogen) atoms. The van der Waals surface area contributed by atoms with Crippen LogP contribution >= 0.6 is 11.6 Å². The van der Waals surface area contributed by atoms with Crippen LogP contribution in [0.15, 0.2) is 66.7 Å². The van der Waals surface area contributed by atoms with Crippen LogP contribution in [0.2, 0.25) is 5.02 Å². The fraction of sp³-hybridized carbons (Fsp3) is 0.429. The van der Waals surface area contributed by atoms with Crippen molar-refractivity contribution in [2.45, 2.75) is 58.1 Å². The van der Waals surface area contributed by atoms with Gasteiger partial charge in [-0.05, 0) is 79.1 Å². The Morgan fingerprint density at radius 1 is 1.07 bits per heavy atom. The van der Waals surface area contributed by atoms with Gasteiger partial charge in [-0.2, -0.15) is 0 Å². The van der Waals surface area contributed by atoms with Crippen LogP contribution < -0.4 is 10.6 Å². The number of hydrogen-bond acceptors (Lipinski definition) is 5. The minimum atomic E-state index is -1.30. The summed E-state index contributed by atoms with van der Waals surface area (Å²) in [6.45, 7) is 7.23. The standard InChI is InChI=1S/C35H44ClN3O4/c1-4-25-10-6-11-28(22-25)32-30(13-7-14-31(32)36)35(42,19-9-20-38-34(41)43-3)29-12-8-21-39(24-29)33(40)27-17-15-26(16-18-27)23-37-5-2/h6-7,10-11,13-18,22,29,37,42H,4-5,8-9,12,19-21,23-24H2,1-3H3,(H,38,41)/t29-,35+/m1/s1. The smallest absolute Gasteiger partial charge is 0.406 e. The molecule has 0 bridgehead atoms. The number of rotatable bonds is 12. The van der Waals surface area contributed by atoms with E-state index < -0.39 is 11.7 Å². The van der Waals surface area contributed by atoms with Crippen LogP contribution in [0.3, 0.4) is 0 Å². The average molecular weight is 606 g/mol. The molecule has 1 aliphatic rings. The highest BCUT2D eigenvalue weighted by Gasteiger charge is 2.43. The number of nitrogens with one attached hydrogen (secondary N) is 2. The molecule has 1 aliphatic heterocycles. The molecule has 1 fully saturated rings. The summed E-state index contributed by atoms with van der Waals surface area (Å²) in [7, 11) is 1.33. The van der Waals surface area contributed by atoms with E-state index in [4.69, 9.17) is 16.3 Å². The van der Waals surface area contributed by atoms with Crippen LogP contribution in [0.5, 0.6) is 0 Å². The van der Waals surface area contributed by atoms with Crippen LogP contribution in [0.25, 0.3) is 11.1 Å². The molecule has 0 aromatic heterocycles. The third-order valence-electron chi connectivity index (χ3n) is 8.46. The van der Waals surface area contributed by atoms with Gasteiger partial charge in [-0.15, -0.1) is 0 Å². The van der Waals surface area contributed by atoms with Crippen molar-refractivity contribution in [2.24, 2.45) is 5.92 Å². The summed E-state index contributed by atoms with van der Waals surface area (Å²) in [5.74, 6) is -0.265. The lowest BCUT2D eigenvalue weighted by atomic mass is 9.72. The van der Waals surface area contributed by atoms with Gasteiger partial charge in [0.25, 0.3) is 5.91 Å². The zero-order chi connectivity index (χ0) is 30.8. The van der Waals surface area contributed by atoms with Gasteiger partial charge in [0.15, 0.2) is 0 Å². The fourth-order valence-corrected chi connectivity index (χ4v) is 6.36. The fourth-order valence-electron chi connectivity index (χ4n) is 6.07. The molecular formula is C35H44ClN3O4. The topological polar surface area (TPSA) is 90.9 Å². The highest BCUT2D eigenvalue weighted by molar-refractivity contribution is 6.33.